The molecule has 2 heterocycles. The highest BCUT2D eigenvalue weighted by Crippen LogP contribution is 2.33. The minimum Gasteiger partial charge on any atom is -0.380 e. The molecule has 5 heteroatoms. The van der Waals surface area contributed by atoms with Gasteiger partial charge in [-0.1, -0.05) is 26.0 Å². The summed E-state index contributed by atoms with van der Waals surface area (Å²) in [5.74, 6) is -0.349. The highest BCUT2D eigenvalue weighted by atomic mass is 16.5. The molecule has 0 unspecified atom stereocenters. The van der Waals surface area contributed by atoms with E-state index in [1.165, 1.54) is 4.90 Å². The fourth-order valence-corrected chi connectivity index (χ4v) is 3.26. The number of rotatable bonds is 6. The Hall–Kier alpha value is -1.72. The lowest BCUT2D eigenvalue weighted by Crippen LogP contribution is -2.57. The smallest absolute Gasteiger partial charge is 0.261 e. The summed E-state index contributed by atoms with van der Waals surface area (Å²) in [5.41, 5.74) is 0.913. The number of hydrogen-bond acceptors (Lipinski definition) is 4. The Kier molecular flexibility index (Phi) is 4.02. The van der Waals surface area contributed by atoms with Crippen molar-refractivity contribution >= 4 is 11.8 Å². The van der Waals surface area contributed by atoms with Gasteiger partial charge in [0.05, 0.1) is 24.3 Å². The van der Waals surface area contributed by atoms with Gasteiger partial charge in [0, 0.05) is 18.5 Å². The molecule has 1 aromatic rings. The van der Waals surface area contributed by atoms with E-state index in [0.717, 1.165) is 19.6 Å². The zero-order valence-corrected chi connectivity index (χ0v) is 13.2. The van der Waals surface area contributed by atoms with Crippen molar-refractivity contribution in [3.05, 3.63) is 35.4 Å². The summed E-state index contributed by atoms with van der Waals surface area (Å²) >= 11 is 0. The van der Waals surface area contributed by atoms with Gasteiger partial charge in [0.1, 0.15) is 0 Å². The molecular weight excluding hydrogens is 280 g/mol. The first-order chi connectivity index (χ1) is 10.6. The maximum Gasteiger partial charge on any atom is 0.261 e. The summed E-state index contributed by atoms with van der Waals surface area (Å²) in [6.45, 7) is 8.68. The van der Waals surface area contributed by atoms with Gasteiger partial charge < -0.3 is 9.64 Å². The van der Waals surface area contributed by atoms with Crippen molar-refractivity contribution in [2.75, 3.05) is 39.4 Å². The van der Waals surface area contributed by atoms with Crippen LogP contribution in [0.2, 0.25) is 0 Å². The molecule has 22 heavy (non-hydrogen) atoms. The van der Waals surface area contributed by atoms with Crippen LogP contribution in [0.15, 0.2) is 24.3 Å². The molecule has 3 rings (SSSR count). The van der Waals surface area contributed by atoms with Gasteiger partial charge in [-0.3, -0.25) is 14.5 Å². The summed E-state index contributed by atoms with van der Waals surface area (Å²) in [7, 11) is 0. The molecule has 0 bridgehead atoms. The van der Waals surface area contributed by atoms with Crippen molar-refractivity contribution in [2.45, 2.75) is 13.8 Å². The van der Waals surface area contributed by atoms with Crippen LogP contribution in [-0.4, -0.2) is 61.0 Å². The molecule has 0 N–H and O–H groups in total. The molecule has 0 radical (unpaired) electrons. The number of benzene rings is 1. The molecule has 118 valence electrons. The second-order valence-electron chi connectivity index (χ2n) is 6.20. The first kappa shape index (κ1) is 15.2. The Morgan fingerprint density at radius 1 is 1.09 bits per heavy atom. The summed E-state index contributed by atoms with van der Waals surface area (Å²) in [6, 6.07) is 7.05. The number of ether oxygens (including phenoxy) is 1. The van der Waals surface area contributed by atoms with Crippen LogP contribution in [0.25, 0.3) is 0 Å². The van der Waals surface area contributed by atoms with Crippen molar-refractivity contribution in [3.63, 3.8) is 0 Å². The molecule has 0 atom stereocenters. The standard InChI is InChI=1S/C17H22N2O3/c1-3-18(4-2)9-17(11-22-12-17)10-19-15(20)13-7-5-6-8-14(13)16(19)21/h5-8H,3-4,9-12H2,1-2H3. The SMILES string of the molecule is CCN(CC)CC1(CN2C(=O)c3ccccc3C2=O)COC1. The van der Waals surface area contributed by atoms with E-state index in [4.69, 9.17) is 4.74 Å². The molecule has 2 aliphatic rings. The fourth-order valence-electron chi connectivity index (χ4n) is 3.26. The average Bonchev–Trinajstić information content (AvgIpc) is 2.75. The lowest BCUT2D eigenvalue weighted by Gasteiger charge is -2.45. The van der Waals surface area contributed by atoms with Crippen LogP contribution in [0.3, 0.4) is 0 Å². The van der Waals surface area contributed by atoms with Crippen LogP contribution >= 0.6 is 0 Å². The van der Waals surface area contributed by atoms with Gasteiger partial charge in [-0.05, 0) is 25.2 Å². The minimum atomic E-state index is -0.175. The van der Waals surface area contributed by atoms with E-state index in [1.807, 2.05) is 0 Å². The van der Waals surface area contributed by atoms with E-state index in [9.17, 15) is 9.59 Å². The normalized spacial score (nSPS) is 19.5. The molecule has 0 spiro atoms. The highest BCUT2D eigenvalue weighted by Gasteiger charge is 2.46. The van der Waals surface area contributed by atoms with E-state index in [1.54, 1.807) is 24.3 Å². The quantitative estimate of drug-likeness (QED) is 0.750. The van der Waals surface area contributed by atoms with Crippen LogP contribution in [0.5, 0.6) is 0 Å². The number of carbonyl (C=O) groups is 2. The average molecular weight is 302 g/mol. The van der Waals surface area contributed by atoms with E-state index in [-0.39, 0.29) is 17.2 Å². The van der Waals surface area contributed by atoms with Gasteiger partial charge in [0.2, 0.25) is 0 Å². The molecule has 0 aliphatic carbocycles. The van der Waals surface area contributed by atoms with Crippen LogP contribution in [-0.2, 0) is 4.74 Å². The Labute approximate surface area is 130 Å². The van der Waals surface area contributed by atoms with Gasteiger partial charge >= 0.3 is 0 Å². The predicted octanol–water partition coefficient (Wildman–Crippen LogP) is 1.64. The Morgan fingerprint density at radius 3 is 2.05 bits per heavy atom. The molecule has 0 saturated carbocycles. The molecule has 1 saturated heterocycles. The molecule has 0 aromatic heterocycles. The largest absolute Gasteiger partial charge is 0.380 e. The number of amides is 2. The second kappa shape index (κ2) is 5.82. The van der Waals surface area contributed by atoms with Crippen molar-refractivity contribution in [2.24, 2.45) is 5.41 Å². The maximum atomic E-state index is 12.5. The number of imide groups is 1. The van der Waals surface area contributed by atoms with E-state index < -0.39 is 0 Å². The minimum absolute atomic E-state index is 0.126. The lowest BCUT2D eigenvalue weighted by molar-refractivity contribution is -0.131. The number of fused-ring (bicyclic) bond motifs is 1. The van der Waals surface area contributed by atoms with Gasteiger partial charge in [-0.2, -0.15) is 0 Å². The van der Waals surface area contributed by atoms with Gasteiger partial charge in [-0.15, -0.1) is 0 Å². The van der Waals surface area contributed by atoms with Crippen LogP contribution in [0.4, 0.5) is 0 Å². The van der Waals surface area contributed by atoms with Crippen LogP contribution < -0.4 is 0 Å². The van der Waals surface area contributed by atoms with Crippen LogP contribution in [0.1, 0.15) is 34.6 Å². The number of nitrogens with zero attached hydrogens (tertiary/aromatic N) is 2. The first-order valence-electron chi connectivity index (χ1n) is 7.85. The maximum absolute atomic E-state index is 12.5. The van der Waals surface area contributed by atoms with Crippen molar-refractivity contribution < 1.29 is 14.3 Å². The van der Waals surface area contributed by atoms with Crippen LogP contribution in [0, 0.1) is 5.41 Å². The highest BCUT2D eigenvalue weighted by molar-refractivity contribution is 6.21. The zero-order valence-electron chi connectivity index (χ0n) is 13.2. The lowest BCUT2D eigenvalue weighted by atomic mass is 9.84. The molecule has 1 aromatic carbocycles. The Morgan fingerprint density at radius 2 is 1.64 bits per heavy atom. The number of carbonyl (C=O) groups excluding carboxylic acids is 2. The Balaban J connectivity index is 1.78. The van der Waals surface area contributed by atoms with Crippen molar-refractivity contribution in [1.29, 1.82) is 0 Å². The summed E-state index contributed by atoms with van der Waals surface area (Å²) in [5, 5.41) is 0. The van der Waals surface area contributed by atoms with E-state index in [2.05, 4.69) is 18.7 Å². The summed E-state index contributed by atoms with van der Waals surface area (Å²) in [6.07, 6.45) is 0. The molecule has 1 fully saturated rings. The Bertz CT molecular complexity index is 556. The van der Waals surface area contributed by atoms with E-state index in [0.29, 0.717) is 30.9 Å². The molecule has 5 nitrogen and oxygen atoms in total. The summed E-state index contributed by atoms with van der Waals surface area (Å²) in [4.78, 5) is 28.7. The fraction of sp³-hybridized carbons (Fsp3) is 0.529. The molecular formula is C17H22N2O3. The molecule has 2 amide bonds. The zero-order chi connectivity index (χ0) is 15.7. The third-order valence-corrected chi connectivity index (χ3v) is 4.64. The predicted molar refractivity (Wildman–Crippen MR) is 82.8 cm³/mol. The monoisotopic (exact) mass is 302 g/mol. The second-order valence-corrected chi connectivity index (χ2v) is 6.20. The first-order valence-corrected chi connectivity index (χ1v) is 7.85. The van der Waals surface area contributed by atoms with Crippen molar-refractivity contribution in [1.82, 2.24) is 9.80 Å². The number of hydrogen-bond donors (Lipinski definition) is 0. The van der Waals surface area contributed by atoms with E-state index >= 15 is 0 Å². The van der Waals surface area contributed by atoms with Gasteiger partial charge in [-0.25, -0.2) is 0 Å². The topological polar surface area (TPSA) is 49.9 Å². The molecule has 2 aliphatic heterocycles. The summed E-state index contributed by atoms with van der Waals surface area (Å²) < 4.78 is 5.41. The van der Waals surface area contributed by atoms with Crippen molar-refractivity contribution in [3.8, 4) is 0 Å². The van der Waals surface area contributed by atoms with Gasteiger partial charge in [0.15, 0.2) is 0 Å². The van der Waals surface area contributed by atoms with Gasteiger partial charge in [0.25, 0.3) is 11.8 Å². The third kappa shape index (κ3) is 2.44. The third-order valence-electron chi connectivity index (χ3n) is 4.64.